The van der Waals surface area contributed by atoms with Crippen LogP contribution in [-0.2, 0) is 0 Å². The Labute approximate surface area is 92.5 Å². The second kappa shape index (κ2) is 4.44. The van der Waals surface area contributed by atoms with Gasteiger partial charge in [0.25, 0.3) is 0 Å². The Morgan fingerprint density at radius 2 is 2.31 bits per heavy atom. The Kier molecular flexibility index (Phi) is 3.00. The Bertz CT molecular complexity index is 373. The maximum absolute atomic E-state index is 10.4. The van der Waals surface area contributed by atoms with Crippen LogP contribution >= 0.6 is 0 Å². The highest BCUT2D eigenvalue weighted by molar-refractivity contribution is 5.43. The number of aliphatic hydroxyl groups excluding tert-OH is 1. The molecule has 0 amide bonds. The summed E-state index contributed by atoms with van der Waals surface area (Å²) in [4.78, 5) is 13.5. The van der Waals surface area contributed by atoms with E-state index in [1.165, 1.54) is 12.3 Å². The van der Waals surface area contributed by atoms with Gasteiger partial charge in [0, 0.05) is 12.6 Å². The first-order chi connectivity index (χ1) is 7.65. The van der Waals surface area contributed by atoms with Gasteiger partial charge in [0.05, 0.1) is 11.8 Å². The lowest BCUT2D eigenvalue weighted by Gasteiger charge is -2.31. The van der Waals surface area contributed by atoms with Crippen molar-refractivity contribution in [2.45, 2.75) is 18.9 Å². The molecular weight excluding hydrogens is 210 g/mol. The molecule has 86 valence electrons. The molecule has 0 saturated heterocycles. The summed E-state index contributed by atoms with van der Waals surface area (Å²) in [7, 11) is 0. The van der Waals surface area contributed by atoms with E-state index < -0.39 is 4.92 Å². The molecule has 2 N–H and O–H groups in total. The van der Waals surface area contributed by atoms with Crippen molar-refractivity contribution in [1.29, 1.82) is 0 Å². The van der Waals surface area contributed by atoms with Crippen molar-refractivity contribution < 1.29 is 10.0 Å². The van der Waals surface area contributed by atoms with E-state index in [9.17, 15) is 10.1 Å². The molecule has 0 radical (unpaired) electrons. The average Bonchev–Trinajstić information content (AvgIpc) is 2.23. The fourth-order valence-corrected chi connectivity index (χ4v) is 1.73. The molecule has 16 heavy (non-hydrogen) atoms. The summed E-state index contributed by atoms with van der Waals surface area (Å²) in [5.74, 6) is 0.342. The van der Waals surface area contributed by atoms with E-state index in [1.807, 2.05) is 0 Å². The molecule has 1 aliphatic carbocycles. The Morgan fingerprint density at radius 3 is 2.81 bits per heavy atom. The summed E-state index contributed by atoms with van der Waals surface area (Å²) in [6.07, 6.45) is 2.95. The lowest BCUT2D eigenvalue weighted by atomic mass is 9.82. The highest BCUT2D eigenvalue weighted by Crippen LogP contribution is 2.27. The third kappa shape index (κ3) is 2.46. The topological polar surface area (TPSA) is 88.3 Å². The molecule has 2 rings (SSSR count). The van der Waals surface area contributed by atoms with Crippen LogP contribution in [0.5, 0.6) is 0 Å². The van der Waals surface area contributed by atoms with Crippen LogP contribution in [0.4, 0.5) is 11.5 Å². The Morgan fingerprint density at radius 1 is 1.56 bits per heavy atom. The standard InChI is InChI=1S/C10H13N3O3/c14-9-3-7(4-9)5-11-8-1-2-10(12-6-8)13(15)16/h1-2,6-7,9,11,14H,3-5H2. The largest absolute Gasteiger partial charge is 0.393 e. The van der Waals surface area contributed by atoms with E-state index in [4.69, 9.17) is 5.11 Å². The van der Waals surface area contributed by atoms with Crippen LogP contribution in [0.3, 0.4) is 0 Å². The minimum atomic E-state index is -0.522. The monoisotopic (exact) mass is 223 g/mol. The van der Waals surface area contributed by atoms with Crippen LogP contribution in [0.2, 0.25) is 0 Å². The van der Waals surface area contributed by atoms with E-state index >= 15 is 0 Å². The van der Waals surface area contributed by atoms with Gasteiger partial charge in [0.15, 0.2) is 6.20 Å². The van der Waals surface area contributed by atoms with Crippen molar-refractivity contribution in [3.8, 4) is 0 Å². The number of rotatable bonds is 4. The molecule has 1 heterocycles. The molecule has 0 spiro atoms. The summed E-state index contributed by atoms with van der Waals surface area (Å²) < 4.78 is 0. The van der Waals surface area contributed by atoms with Crippen molar-refractivity contribution in [3.63, 3.8) is 0 Å². The zero-order valence-electron chi connectivity index (χ0n) is 8.67. The van der Waals surface area contributed by atoms with Gasteiger partial charge in [0.2, 0.25) is 0 Å². The first kappa shape index (κ1) is 10.8. The van der Waals surface area contributed by atoms with Gasteiger partial charge in [-0.25, -0.2) is 0 Å². The van der Waals surface area contributed by atoms with Crippen molar-refractivity contribution in [1.82, 2.24) is 4.98 Å². The second-order valence-electron chi connectivity index (χ2n) is 4.03. The molecule has 1 aliphatic rings. The normalized spacial score (nSPS) is 23.6. The van der Waals surface area contributed by atoms with E-state index in [0.717, 1.165) is 25.1 Å². The van der Waals surface area contributed by atoms with Crippen molar-refractivity contribution >= 4 is 11.5 Å². The predicted molar refractivity (Wildman–Crippen MR) is 58.1 cm³/mol. The molecular formula is C10H13N3O3. The summed E-state index contributed by atoms with van der Waals surface area (Å²) in [6, 6.07) is 3.01. The van der Waals surface area contributed by atoms with E-state index in [2.05, 4.69) is 10.3 Å². The minimum absolute atomic E-state index is 0.149. The first-order valence-electron chi connectivity index (χ1n) is 5.17. The number of anilines is 1. The van der Waals surface area contributed by atoms with Gasteiger partial charge in [0.1, 0.15) is 0 Å². The highest BCUT2D eigenvalue weighted by Gasteiger charge is 2.26. The molecule has 1 saturated carbocycles. The van der Waals surface area contributed by atoms with Crippen LogP contribution < -0.4 is 5.32 Å². The molecule has 0 aliphatic heterocycles. The summed E-state index contributed by atoms with van der Waals surface area (Å²) >= 11 is 0. The SMILES string of the molecule is O=[N+]([O-])c1ccc(NCC2CC(O)C2)cn1. The first-order valence-corrected chi connectivity index (χ1v) is 5.17. The van der Waals surface area contributed by atoms with Crippen LogP contribution in [-0.4, -0.2) is 27.7 Å². The van der Waals surface area contributed by atoms with E-state index in [1.54, 1.807) is 6.07 Å². The average molecular weight is 223 g/mol. The molecule has 1 aromatic heterocycles. The quantitative estimate of drug-likeness (QED) is 0.591. The van der Waals surface area contributed by atoms with Gasteiger partial charge in [-0.3, -0.25) is 0 Å². The molecule has 0 unspecified atom stereocenters. The molecule has 0 atom stereocenters. The molecule has 6 nitrogen and oxygen atoms in total. The summed E-state index contributed by atoms with van der Waals surface area (Å²) in [6.45, 7) is 0.774. The Hall–Kier alpha value is -1.69. The second-order valence-corrected chi connectivity index (χ2v) is 4.03. The van der Waals surface area contributed by atoms with Gasteiger partial charge in [-0.1, -0.05) is 0 Å². The number of aliphatic hydroxyl groups is 1. The van der Waals surface area contributed by atoms with Gasteiger partial charge in [-0.2, -0.15) is 0 Å². The van der Waals surface area contributed by atoms with E-state index in [0.29, 0.717) is 5.92 Å². The molecule has 0 aromatic carbocycles. The number of nitrogens with zero attached hydrogens (tertiary/aromatic N) is 2. The van der Waals surface area contributed by atoms with Gasteiger partial charge >= 0.3 is 5.82 Å². The van der Waals surface area contributed by atoms with Crippen molar-refractivity contribution in [2.75, 3.05) is 11.9 Å². The number of nitrogens with one attached hydrogen (secondary N) is 1. The predicted octanol–water partition coefficient (Wildman–Crippen LogP) is 1.17. The zero-order valence-corrected chi connectivity index (χ0v) is 8.67. The maximum atomic E-state index is 10.4. The van der Waals surface area contributed by atoms with Crippen molar-refractivity contribution in [3.05, 3.63) is 28.4 Å². The van der Waals surface area contributed by atoms with Gasteiger partial charge in [-0.05, 0) is 34.7 Å². The zero-order chi connectivity index (χ0) is 11.5. The molecule has 0 bridgehead atoms. The highest BCUT2D eigenvalue weighted by atomic mass is 16.6. The number of aromatic nitrogens is 1. The summed E-state index contributed by atoms with van der Waals surface area (Å²) in [5, 5.41) is 22.6. The fourth-order valence-electron chi connectivity index (χ4n) is 1.73. The lowest BCUT2D eigenvalue weighted by molar-refractivity contribution is -0.389. The third-order valence-electron chi connectivity index (χ3n) is 2.74. The fraction of sp³-hybridized carbons (Fsp3) is 0.500. The van der Waals surface area contributed by atoms with Crippen LogP contribution in [0, 0.1) is 16.0 Å². The number of hydrogen-bond acceptors (Lipinski definition) is 5. The van der Waals surface area contributed by atoms with Crippen LogP contribution in [0.1, 0.15) is 12.8 Å². The van der Waals surface area contributed by atoms with E-state index in [-0.39, 0.29) is 11.9 Å². The minimum Gasteiger partial charge on any atom is -0.393 e. The third-order valence-corrected chi connectivity index (χ3v) is 2.74. The lowest BCUT2D eigenvalue weighted by Crippen LogP contribution is -2.33. The van der Waals surface area contributed by atoms with Crippen LogP contribution in [0.25, 0.3) is 0 Å². The Balaban J connectivity index is 1.83. The number of pyridine rings is 1. The van der Waals surface area contributed by atoms with Crippen LogP contribution in [0.15, 0.2) is 18.3 Å². The number of hydrogen-bond donors (Lipinski definition) is 2. The van der Waals surface area contributed by atoms with Gasteiger partial charge in [-0.15, -0.1) is 0 Å². The molecule has 6 heteroatoms. The maximum Gasteiger partial charge on any atom is 0.363 e. The summed E-state index contributed by atoms with van der Waals surface area (Å²) in [5.41, 5.74) is 0.770. The van der Waals surface area contributed by atoms with Crippen molar-refractivity contribution in [2.24, 2.45) is 5.92 Å². The smallest absolute Gasteiger partial charge is 0.363 e. The molecule has 1 fully saturated rings. The number of nitro groups is 1. The van der Waals surface area contributed by atoms with Gasteiger partial charge < -0.3 is 20.5 Å². The molecule has 1 aromatic rings.